The average molecular weight is 277 g/mol. The van der Waals surface area contributed by atoms with Crippen molar-refractivity contribution in [2.45, 2.75) is 44.6 Å². The van der Waals surface area contributed by atoms with Gasteiger partial charge in [-0.05, 0) is 44.2 Å². The van der Waals surface area contributed by atoms with Crippen LogP contribution in [0.1, 0.15) is 38.2 Å². The molecule has 20 heavy (non-hydrogen) atoms. The van der Waals surface area contributed by atoms with Gasteiger partial charge in [0.05, 0.1) is 18.8 Å². The monoisotopic (exact) mass is 277 g/mol. The van der Waals surface area contributed by atoms with Gasteiger partial charge in [0.1, 0.15) is 5.75 Å². The van der Waals surface area contributed by atoms with Crippen molar-refractivity contribution >= 4 is 5.91 Å². The van der Waals surface area contributed by atoms with Gasteiger partial charge in [-0.2, -0.15) is 0 Å². The van der Waals surface area contributed by atoms with E-state index >= 15 is 0 Å². The van der Waals surface area contributed by atoms with Crippen LogP contribution in [-0.4, -0.2) is 29.8 Å². The Morgan fingerprint density at radius 1 is 1.40 bits per heavy atom. The van der Waals surface area contributed by atoms with Gasteiger partial charge in [0.2, 0.25) is 5.91 Å². The maximum absolute atomic E-state index is 12.0. The van der Waals surface area contributed by atoms with Crippen LogP contribution in [0.2, 0.25) is 0 Å². The van der Waals surface area contributed by atoms with E-state index in [1.807, 2.05) is 31.2 Å². The summed E-state index contributed by atoms with van der Waals surface area (Å²) < 4.78 is 5.55. The molecule has 1 fully saturated rings. The first-order valence-corrected chi connectivity index (χ1v) is 7.32. The Balaban J connectivity index is 1.87. The Morgan fingerprint density at radius 2 is 2.15 bits per heavy atom. The molecule has 1 amide bonds. The molecule has 0 atom stereocenters. The molecule has 0 aromatic heterocycles. The fourth-order valence-corrected chi connectivity index (χ4v) is 2.54. The first kappa shape index (κ1) is 14.9. The average Bonchev–Trinajstić information content (AvgIpc) is 2.42. The molecule has 1 aromatic carbocycles. The Bertz CT molecular complexity index is 449. The molecule has 0 bridgehead atoms. The van der Waals surface area contributed by atoms with Crippen molar-refractivity contribution in [1.82, 2.24) is 5.32 Å². The third-order valence-electron chi connectivity index (χ3n) is 3.91. The molecule has 1 aliphatic rings. The van der Waals surface area contributed by atoms with Crippen molar-refractivity contribution in [2.75, 3.05) is 13.2 Å². The second-order valence-corrected chi connectivity index (χ2v) is 5.38. The molecule has 0 radical (unpaired) electrons. The summed E-state index contributed by atoms with van der Waals surface area (Å²) in [5, 5.41) is 12.3. The lowest BCUT2D eigenvalue weighted by Gasteiger charge is -2.41. The van der Waals surface area contributed by atoms with Gasteiger partial charge < -0.3 is 15.2 Å². The van der Waals surface area contributed by atoms with Crippen molar-refractivity contribution in [3.05, 3.63) is 29.8 Å². The molecule has 1 aliphatic carbocycles. The summed E-state index contributed by atoms with van der Waals surface area (Å²) in [5.41, 5.74) is 0.701. The van der Waals surface area contributed by atoms with Crippen molar-refractivity contribution in [3.8, 4) is 5.75 Å². The molecule has 0 saturated heterocycles. The first-order chi connectivity index (χ1) is 9.69. The largest absolute Gasteiger partial charge is 0.494 e. The zero-order valence-electron chi connectivity index (χ0n) is 12.0. The maximum Gasteiger partial charge on any atom is 0.220 e. The second-order valence-electron chi connectivity index (χ2n) is 5.38. The number of nitrogens with one attached hydrogen (secondary N) is 1. The topological polar surface area (TPSA) is 58.6 Å². The van der Waals surface area contributed by atoms with Crippen LogP contribution in [-0.2, 0) is 11.2 Å². The number of ether oxygens (including phenoxy) is 1. The smallest absolute Gasteiger partial charge is 0.220 e. The second kappa shape index (κ2) is 6.75. The van der Waals surface area contributed by atoms with E-state index in [9.17, 15) is 9.90 Å². The highest BCUT2D eigenvalue weighted by Crippen LogP contribution is 2.31. The highest BCUT2D eigenvalue weighted by Gasteiger charge is 2.37. The number of para-hydroxylation sites is 1. The quantitative estimate of drug-likeness (QED) is 0.802. The Morgan fingerprint density at radius 3 is 2.75 bits per heavy atom. The number of carbonyl (C=O) groups excluding carboxylic acids is 1. The number of amides is 1. The third-order valence-corrected chi connectivity index (χ3v) is 3.91. The predicted octanol–water partition coefficient (Wildman–Crippen LogP) is 2.05. The van der Waals surface area contributed by atoms with Crippen LogP contribution in [0.4, 0.5) is 0 Å². The fraction of sp³-hybridized carbons (Fsp3) is 0.562. The van der Waals surface area contributed by atoms with Gasteiger partial charge in [-0.25, -0.2) is 0 Å². The summed E-state index contributed by atoms with van der Waals surface area (Å²) in [6, 6.07) is 7.81. The zero-order chi connectivity index (χ0) is 14.4. The predicted molar refractivity (Wildman–Crippen MR) is 77.7 cm³/mol. The fourth-order valence-electron chi connectivity index (χ4n) is 2.54. The summed E-state index contributed by atoms with van der Waals surface area (Å²) in [7, 11) is 0. The third kappa shape index (κ3) is 3.51. The van der Waals surface area contributed by atoms with Crippen molar-refractivity contribution in [3.63, 3.8) is 0 Å². The van der Waals surface area contributed by atoms with Crippen LogP contribution in [0.15, 0.2) is 24.3 Å². The lowest BCUT2D eigenvalue weighted by Crippen LogP contribution is -2.56. The van der Waals surface area contributed by atoms with Gasteiger partial charge in [-0.1, -0.05) is 18.2 Å². The molecule has 2 rings (SSSR count). The highest BCUT2D eigenvalue weighted by molar-refractivity contribution is 5.77. The zero-order valence-corrected chi connectivity index (χ0v) is 12.0. The lowest BCUT2D eigenvalue weighted by molar-refractivity contribution is -0.125. The molecular formula is C16H23NO3. The van der Waals surface area contributed by atoms with E-state index in [-0.39, 0.29) is 18.1 Å². The summed E-state index contributed by atoms with van der Waals surface area (Å²) in [4.78, 5) is 12.0. The van der Waals surface area contributed by atoms with Crippen molar-refractivity contribution < 1.29 is 14.6 Å². The van der Waals surface area contributed by atoms with Crippen molar-refractivity contribution in [2.24, 2.45) is 0 Å². The SMILES string of the molecule is CCOc1ccccc1CCC(=O)NC1(CO)CCC1. The maximum atomic E-state index is 12.0. The number of rotatable bonds is 7. The number of aliphatic hydroxyl groups is 1. The normalized spacial score (nSPS) is 16.3. The van der Waals surface area contributed by atoms with Crippen LogP contribution in [0, 0.1) is 0 Å². The summed E-state index contributed by atoms with van der Waals surface area (Å²) in [6.45, 7) is 2.61. The number of aliphatic hydroxyl groups excluding tert-OH is 1. The minimum absolute atomic E-state index is 0.00468. The number of hydrogen-bond donors (Lipinski definition) is 2. The molecule has 0 aliphatic heterocycles. The van der Waals surface area contributed by atoms with Crippen LogP contribution < -0.4 is 10.1 Å². The number of hydrogen-bond acceptors (Lipinski definition) is 3. The Hall–Kier alpha value is -1.55. The molecule has 110 valence electrons. The molecule has 0 spiro atoms. The van der Waals surface area contributed by atoms with E-state index in [4.69, 9.17) is 4.74 Å². The van der Waals surface area contributed by atoms with Gasteiger partial charge in [0.15, 0.2) is 0 Å². The number of benzene rings is 1. The molecular weight excluding hydrogens is 254 g/mol. The summed E-state index contributed by atoms with van der Waals surface area (Å²) in [6.07, 6.45) is 3.92. The molecule has 2 N–H and O–H groups in total. The van der Waals surface area contributed by atoms with Crippen LogP contribution in [0.3, 0.4) is 0 Å². The van der Waals surface area contributed by atoms with E-state index in [2.05, 4.69) is 5.32 Å². The van der Waals surface area contributed by atoms with E-state index in [0.717, 1.165) is 30.6 Å². The van der Waals surface area contributed by atoms with Gasteiger partial charge in [-0.3, -0.25) is 4.79 Å². The van der Waals surface area contributed by atoms with Crippen LogP contribution in [0.5, 0.6) is 5.75 Å². The number of carbonyl (C=O) groups is 1. The highest BCUT2D eigenvalue weighted by atomic mass is 16.5. The Labute approximate surface area is 120 Å². The van der Waals surface area contributed by atoms with Gasteiger partial charge in [0, 0.05) is 6.42 Å². The summed E-state index contributed by atoms with van der Waals surface area (Å²) in [5.74, 6) is 0.855. The Kier molecular flexibility index (Phi) is 5.01. The summed E-state index contributed by atoms with van der Waals surface area (Å²) >= 11 is 0. The lowest BCUT2D eigenvalue weighted by atomic mass is 9.77. The van der Waals surface area contributed by atoms with Crippen LogP contribution in [0.25, 0.3) is 0 Å². The standard InChI is InChI=1S/C16H23NO3/c1-2-20-14-7-4-3-6-13(14)8-9-15(19)17-16(12-18)10-5-11-16/h3-4,6-7,18H,2,5,8-12H2,1H3,(H,17,19). The van der Waals surface area contributed by atoms with E-state index in [1.165, 1.54) is 0 Å². The van der Waals surface area contributed by atoms with E-state index in [1.54, 1.807) is 0 Å². The minimum Gasteiger partial charge on any atom is -0.494 e. The molecule has 1 aromatic rings. The van der Waals surface area contributed by atoms with Gasteiger partial charge in [-0.15, -0.1) is 0 Å². The van der Waals surface area contributed by atoms with Crippen LogP contribution >= 0.6 is 0 Å². The van der Waals surface area contributed by atoms with E-state index < -0.39 is 0 Å². The number of aryl methyl sites for hydroxylation is 1. The molecule has 4 nitrogen and oxygen atoms in total. The van der Waals surface area contributed by atoms with E-state index in [0.29, 0.717) is 19.4 Å². The minimum atomic E-state index is -0.351. The molecule has 1 saturated carbocycles. The van der Waals surface area contributed by atoms with Gasteiger partial charge in [0.25, 0.3) is 0 Å². The first-order valence-electron chi connectivity index (χ1n) is 7.32. The molecule has 4 heteroatoms. The van der Waals surface area contributed by atoms with Gasteiger partial charge >= 0.3 is 0 Å². The molecule has 0 unspecified atom stereocenters. The molecule has 0 heterocycles. The van der Waals surface area contributed by atoms with Crippen molar-refractivity contribution in [1.29, 1.82) is 0 Å².